The molecule has 2 heterocycles. The van der Waals surface area contributed by atoms with Crippen LogP contribution in [-0.4, -0.2) is 49.4 Å². The molecule has 0 bridgehead atoms. The lowest BCUT2D eigenvalue weighted by Gasteiger charge is -2.41. The van der Waals surface area contributed by atoms with Gasteiger partial charge in [0.15, 0.2) is 0 Å². The molecule has 1 fully saturated rings. The van der Waals surface area contributed by atoms with Crippen molar-refractivity contribution in [1.29, 1.82) is 0 Å². The van der Waals surface area contributed by atoms with Gasteiger partial charge in [-0.05, 0) is 48.4 Å². The van der Waals surface area contributed by atoms with E-state index in [1.165, 1.54) is 0 Å². The van der Waals surface area contributed by atoms with E-state index < -0.39 is 5.41 Å². The minimum atomic E-state index is -0.477. The molecular formula is C31H35ClN4O2. The lowest BCUT2D eigenvalue weighted by molar-refractivity contribution is -0.123. The van der Waals surface area contributed by atoms with Gasteiger partial charge in [-0.25, -0.2) is 0 Å². The fraction of sp³-hybridized carbons (Fsp3) is 0.355. The summed E-state index contributed by atoms with van der Waals surface area (Å²) < 4.78 is 0. The fourth-order valence-corrected chi connectivity index (χ4v) is 5.71. The summed E-state index contributed by atoms with van der Waals surface area (Å²) in [6.45, 7) is 11.6. The molecule has 0 saturated carbocycles. The molecule has 2 aliphatic heterocycles. The van der Waals surface area contributed by atoms with Gasteiger partial charge in [0.2, 0.25) is 5.91 Å². The van der Waals surface area contributed by atoms with Crippen LogP contribution in [0.5, 0.6) is 0 Å². The molecule has 5 rings (SSSR count). The molecule has 38 heavy (non-hydrogen) atoms. The van der Waals surface area contributed by atoms with Crippen molar-refractivity contribution in [3.63, 3.8) is 0 Å². The first kappa shape index (κ1) is 26.3. The number of amides is 2. The highest BCUT2D eigenvalue weighted by molar-refractivity contribution is 6.33. The van der Waals surface area contributed by atoms with Crippen LogP contribution >= 0.6 is 11.6 Å². The molecule has 2 amide bonds. The predicted molar refractivity (Wildman–Crippen MR) is 155 cm³/mol. The Labute approximate surface area is 230 Å². The number of rotatable bonds is 4. The summed E-state index contributed by atoms with van der Waals surface area (Å²) in [6.07, 6.45) is 0. The van der Waals surface area contributed by atoms with E-state index >= 15 is 0 Å². The van der Waals surface area contributed by atoms with Gasteiger partial charge in [0.25, 0.3) is 5.91 Å². The number of piperazine rings is 1. The highest BCUT2D eigenvalue weighted by Gasteiger charge is 2.36. The summed E-state index contributed by atoms with van der Waals surface area (Å²) in [4.78, 5) is 32.6. The Morgan fingerprint density at radius 2 is 1.58 bits per heavy atom. The lowest BCUT2D eigenvalue weighted by atomic mass is 9.93. The van der Waals surface area contributed by atoms with Crippen molar-refractivity contribution < 1.29 is 9.59 Å². The van der Waals surface area contributed by atoms with Gasteiger partial charge in [0.05, 0.1) is 16.8 Å². The van der Waals surface area contributed by atoms with Crippen molar-refractivity contribution in [2.24, 2.45) is 5.41 Å². The summed E-state index contributed by atoms with van der Waals surface area (Å²) in [7, 11) is 0. The van der Waals surface area contributed by atoms with Gasteiger partial charge >= 0.3 is 0 Å². The molecule has 3 aromatic carbocycles. The maximum Gasteiger partial charge on any atom is 0.258 e. The van der Waals surface area contributed by atoms with Gasteiger partial charge in [-0.2, -0.15) is 0 Å². The van der Waals surface area contributed by atoms with E-state index in [-0.39, 0.29) is 17.9 Å². The Hall–Kier alpha value is -3.35. The minimum absolute atomic E-state index is 0.00416. The smallest absolute Gasteiger partial charge is 0.258 e. The third-order valence-corrected chi connectivity index (χ3v) is 7.78. The normalized spacial score (nSPS) is 18.0. The Morgan fingerprint density at radius 1 is 0.921 bits per heavy atom. The quantitative estimate of drug-likeness (QED) is 0.435. The second-order valence-corrected chi connectivity index (χ2v) is 11.4. The van der Waals surface area contributed by atoms with E-state index in [2.05, 4.69) is 39.4 Å². The van der Waals surface area contributed by atoms with Crippen LogP contribution in [0.25, 0.3) is 0 Å². The number of halogens is 1. The fourth-order valence-electron chi connectivity index (χ4n) is 5.41. The zero-order chi connectivity index (χ0) is 27.0. The second-order valence-electron chi connectivity index (χ2n) is 11.0. The first-order valence-corrected chi connectivity index (χ1v) is 13.7. The van der Waals surface area contributed by atoms with Crippen LogP contribution < -0.4 is 15.1 Å². The van der Waals surface area contributed by atoms with Crippen molar-refractivity contribution in [2.75, 3.05) is 47.8 Å². The summed E-state index contributed by atoms with van der Waals surface area (Å²) in [5, 5.41) is 3.58. The number of nitrogens with one attached hydrogen (secondary N) is 1. The van der Waals surface area contributed by atoms with Crippen LogP contribution in [0.1, 0.15) is 55.2 Å². The number of nitrogens with zero attached hydrogens (tertiary/aromatic N) is 3. The molecule has 7 heteroatoms. The number of anilines is 3. The highest BCUT2D eigenvalue weighted by Crippen LogP contribution is 2.41. The van der Waals surface area contributed by atoms with Crippen molar-refractivity contribution in [1.82, 2.24) is 4.90 Å². The number of hydrogen-bond acceptors (Lipinski definition) is 4. The summed E-state index contributed by atoms with van der Waals surface area (Å²) in [5.74, 6) is 0.0149. The monoisotopic (exact) mass is 530 g/mol. The van der Waals surface area contributed by atoms with Gasteiger partial charge in [0, 0.05) is 55.1 Å². The molecule has 1 N–H and O–H groups in total. The Morgan fingerprint density at radius 3 is 2.24 bits per heavy atom. The number of hydrogen-bond donors (Lipinski definition) is 1. The second kappa shape index (κ2) is 10.4. The van der Waals surface area contributed by atoms with E-state index in [0.29, 0.717) is 17.3 Å². The van der Waals surface area contributed by atoms with Crippen molar-refractivity contribution in [2.45, 2.75) is 33.7 Å². The molecule has 0 aliphatic carbocycles. The zero-order valence-corrected chi connectivity index (χ0v) is 23.3. The highest BCUT2D eigenvalue weighted by atomic mass is 35.5. The average molecular weight is 531 g/mol. The molecule has 0 aromatic heterocycles. The number of fused-ring (bicyclic) bond motifs is 2. The van der Waals surface area contributed by atoms with Gasteiger partial charge in [-0.15, -0.1) is 0 Å². The number of carbonyl (C=O) groups excluding carboxylic acids is 2. The van der Waals surface area contributed by atoms with Gasteiger partial charge in [-0.3, -0.25) is 14.5 Å². The topological polar surface area (TPSA) is 55.9 Å². The van der Waals surface area contributed by atoms with Gasteiger partial charge in [0.1, 0.15) is 0 Å². The number of para-hydroxylation sites is 1. The molecule has 0 spiro atoms. The lowest BCUT2D eigenvalue weighted by Crippen LogP contribution is -2.48. The molecule has 6 nitrogen and oxygen atoms in total. The predicted octanol–water partition coefficient (Wildman–Crippen LogP) is 6.22. The maximum absolute atomic E-state index is 13.5. The average Bonchev–Trinajstić information content (AvgIpc) is 3.00. The van der Waals surface area contributed by atoms with E-state index in [1.54, 1.807) is 0 Å². The van der Waals surface area contributed by atoms with E-state index in [4.69, 9.17) is 11.6 Å². The van der Waals surface area contributed by atoms with Crippen molar-refractivity contribution >= 4 is 40.5 Å². The van der Waals surface area contributed by atoms with Crippen LogP contribution in [0.4, 0.5) is 17.1 Å². The number of benzene rings is 3. The standard InChI is InChI=1S/C31H35ClN4O2/c1-5-36-26-13-9-8-12-24(26)28(22-10-6-7-11-23(22)29(36)37)35-18-16-34(17-19-35)27-15-14-21(20-25(27)32)33-30(38)31(2,3)4/h6-15,20,28H,5,16-19H2,1-4H3,(H,33,38). The van der Waals surface area contributed by atoms with Gasteiger partial charge < -0.3 is 15.1 Å². The molecule has 1 atom stereocenters. The van der Waals surface area contributed by atoms with Crippen LogP contribution in [0.2, 0.25) is 5.02 Å². The third-order valence-electron chi connectivity index (χ3n) is 7.48. The third kappa shape index (κ3) is 4.91. The van der Waals surface area contributed by atoms with E-state index in [1.807, 2.05) is 75.1 Å². The molecule has 1 unspecified atom stereocenters. The largest absolute Gasteiger partial charge is 0.368 e. The number of carbonyl (C=O) groups is 2. The summed E-state index contributed by atoms with van der Waals surface area (Å²) >= 11 is 6.70. The summed E-state index contributed by atoms with van der Waals surface area (Å²) in [5.41, 5.74) is 5.18. The van der Waals surface area contributed by atoms with Crippen LogP contribution in [0, 0.1) is 5.41 Å². The van der Waals surface area contributed by atoms with Crippen LogP contribution in [-0.2, 0) is 4.79 Å². The Kier molecular flexibility index (Phi) is 7.21. The van der Waals surface area contributed by atoms with Crippen LogP contribution in [0.15, 0.2) is 66.7 Å². The maximum atomic E-state index is 13.5. The van der Waals surface area contributed by atoms with Crippen molar-refractivity contribution in [3.05, 3.63) is 88.4 Å². The van der Waals surface area contributed by atoms with Crippen LogP contribution in [0.3, 0.4) is 0 Å². The zero-order valence-electron chi connectivity index (χ0n) is 22.5. The van der Waals surface area contributed by atoms with Crippen molar-refractivity contribution in [3.8, 4) is 0 Å². The minimum Gasteiger partial charge on any atom is -0.368 e. The van der Waals surface area contributed by atoms with E-state index in [0.717, 1.165) is 54.2 Å². The first-order chi connectivity index (χ1) is 18.2. The molecule has 3 aromatic rings. The Bertz CT molecular complexity index is 1360. The molecule has 0 radical (unpaired) electrons. The first-order valence-electron chi connectivity index (χ1n) is 13.3. The molecule has 2 aliphatic rings. The summed E-state index contributed by atoms with van der Waals surface area (Å²) in [6, 6.07) is 22.1. The Balaban J connectivity index is 1.39. The van der Waals surface area contributed by atoms with Gasteiger partial charge in [-0.1, -0.05) is 68.8 Å². The molecular weight excluding hydrogens is 496 g/mol. The SMILES string of the molecule is CCN1C(=O)c2ccccc2C(N2CCN(c3ccc(NC(=O)C(C)(C)C)cc3Cl)CC2)c2ccccc21. The molecule has 198 valence electrons. The van der Waals surface area contributed by atoms with E-state index in [9.17, 15) is 9.59 Å². The molecule has 1 saturated heterocycles.